The van der Waals surface area contributed by atoms with Crippen LogP contribution in [0.5, 0.6) is 0 Å². The van der Waals surface area contributed by atoms with E-state index in [-0.39, 0.29) is 6.04 Å². The maximum Gasteiger partial charge on any atom is 0.153 e. The molecule has 2 heterocycles. The van der Waals surface area contributed by atoms with Gasteiger partial charge in [-0.05, 0) is 48.8 Å². The Kier molecular flexibility index (Phi) is 4.05. The molecule has 0 aliphatic heterocycles. The summed E-state index contributed by atoms with van der Waals surface area (Å²) in [5, 5.41) is 15.9. The second-order valence-electron chi connectivity index (χ2n) is 4.71. The molecule has 2 aromatic heterocycles. The highest BCUT2D eigenvalue weighted by atomic mass is 79.9. The monoisotopic (exact) mass is 326 g/mol. The van der Waals surface area contributed by atoms with Gasteiger partial charge in [-0.15, -0.1) is 5.10 Å². The molecule has 1 N–H and O–H groups in total. The van der Waals surface area contributed by atoms with Gasteiger partial charge in [0.15, 0.2) is 4.60 Å². The third-order valence-corrected chi connectivity index (χ3v) is 4.14. The Morgan fingerprint density at radius 2 is 1.95 bits per heavy atom. The molecule has 0 amide bonds. The summed E-state index contributed by atoms with van der Waals surface area (Å²) in [7, 11) is 5.83. The number of nitrogens with zero attached hydrogens (tertiary/aromatic N) is 5. The van der Waals surface area contributed by atoms with E-state index in [1.54, 1.807) is 4.68 Å². The first-order valence-electron chi connectivity index (χ1n) is 6.17. The fraction of sp³-hybridized carbons (Fsp3) is 0.583. The lowest BCUT2D eigenvalue weighted by Gasteiger charge is -2.16. The third-order valence-electron chi connectivity index (χ3n) is 3.57. The van der Waals surface area contributed by atoms with Gasteiger partial charge in [-0.3, -0.25) is 4.68 Å². The molecule has 0 bridgehead atoms. The van der Waals surface area contributed by atoms with E-state index in [4.69, 9.17) is 0 Å². The predicted molar refractivity (Wildman–Crippen MR) is 76.9 cm³/mol. The summed E-state index contributed by atoms with van der Waals surface area (Å²) in [4.78, 5) is 0. The molecule has 1 unspecified atom stereocenters. The van der Waals surface area contributed by atoms with Gasteiger partial charge in [0.05, 0.1) is 17.4 Å². The molecule has 0 radical (unpaired) electrons. The van der Waals surface area contributed by atoms with E-state index in [1.165, 1.54) is 11.3 Å². The van der Waals surface area contributed by atoms with Gasteiger partial charge in [0, 0.05) is 19.8 Å². The number of nitrogens with one attached hydrogen (secondary N) is 1. The lowest BCUT2D eigenvalue weighted by molar-refractivity contribution is 0.531. The van der Waals surface area contributed by atoms with Crippen molar-refractivity contribution in [2.75, 3.05) is 7.05 Å². The Labute approximate surface area is 121 Å². The minimum Gasteiger partial charge on any atom is -0.311 e. The molecule has 0 aliphatic carbocycles. The van der Waals surface area contributed by atoms with Crippen LogP contribution in [0.2, 0.25) is 0 Å². The summed E-state index contributed by atoms with van der Waals surface area (Å²) in [6.07, 6.45) is 0.863. The molecular formula is C12H19BrN6. The molecule has 2 aromatic rings. The van der Waals surface area contributed by atoms with Gasteiger partial charge in [-0.25, -0.2) is 4.68 Å². The number of hydrogen-bond acceptors (Lipinski definition) is 4. The van der Waals surface area contributed by atoms with E-state index in [0.717, 1.165) is 22.4 Å². The van der Waals surface area contributed by atoms with Crippen LogP contribution in [0.1, 0.15) is 28.7 Å². The van der Waals surface area contributed by atoms with Crippen molar-refractivity contribution in [3.05, 3.63) is 27.2 Å². The van der Waals surface area contributed by atoms with Crippen molar-refractivity contribution < 1.29 is 0 Å². The molecule has 7 heteroatoms. The molecular weight excluding hydrogens is 308 g/mol. The van der Waals surface area contributed by atoms with E-state index < -0.39 is 0 Å². The number of halogens is 1. The Bertz CT molecular complexity index is 566. The van der Waals surface area contributed by atoms with Gasteiger partial charge in [-0.1, -0.05) is 5.21 Å². The van der Waals surface area contributed by atoms with E-state index in [9.17, 15) is 0 Å². The third kappa shape index (κ3) is 2.57. The van der Waals surface area contributed by atoms with Crippen molar-refractivity contribution in [2.45, 2.75) is 26.3 Å². The molecule has 0 saturated carbocycles. The summed E-state index contributed by atoms with van der Waals surface area (Å²) in [6, 6.07) is 0.149. The van der Waals surface area contributed by atoms with E-state index >= 15 is 0 Å². The van der Waals surface area contributed by atoms with Crippen molar-refractivity contribution in [3.63, 3.8) is 0 Å². The van der Waals surface area contributed by atoms with Crippen molar-refractivity contribution in [2.24, 2.45) is 14.1 Å². The number of rotatable bonds is 4. The maximum atomic E-state index is 4.46. The zero-order chi connectivity index (χ0) is 14.2. The highest BCUT2D eigenvalue weighted by Crippen LogP contribution is 2.25. The maximum absolute atomic E-state index is 4.46. The van der Waals surface area contributed by atoms with Crippen LogP contribution in [0.25, 0.3) is 0 Å². The molecule has 0 saturated heterocycles. The second-order valence-corrected chi connectivity index (χ2v) is 5.46. The first-order valence-corrected chi connectivity index (χ1v) is 6.96. The van der Waals surface area contributed by atoms with Crippen LogP contribution < -0.4 is 5.32 Å². The topological polar surface area (TPSA) is 60.6 Å². The first kappa shape index (κ1) is 14.2. The van der Waals surface area contributed by atoms with Crippen molar-refractivity contribution in [1.82, 2.24) is 30.1 Å². The van der Waals surface area contributed by atoms with Crippen LogP contribution in [0.3, 0.4) is 0 Å². The molecule has 6 nitrogen and oxygen atoms in total. The van der Waals surface area contributed by atoms with Crippen LogP contribution in [-0.4, -0.2) is 31.8 Å². The minimum atomic E-state index is 0.149. The van der Waals surface area contributed by atoms with Crippen LogP contribution in [0.15, 0.2) is 4.60 Å². The molecule has 0 aliphatic rings. The predicted octanol–water partition coefficient (Wildman–Crippen LogP) is 1.43. The van der Waals surface area contributed by atoms with E-state index in [0.29, 0.717) is 0 Å². The van der Waals surface area contributed by atoms with Gasteiger partial charge in [0.1, 0.15) is 0 Å². The molecule has 0 spiro atoms. The van der Waals surface area contributed by atoms with E-state index in [2.05, 4.69) is 43.6 Å². The summed E-state index contributed by atoms with van der Waals surface area (Å²) in [6.45, 7) is 4.14. The fourth-order valence-electron chi connectivity index (χ4n) is 2.36. The van der Waals surface area contributed by atoms with Gasteiger partial charge < -0.3 is 5.32 Å². The number of likely N-dealkylation sites (N-methyl/N-ethyl adjacent to an activating group) is 1. The van der Waals surface area contributed by atoms with Gasteiger partial charge >= 0.3 is 0 Å². The Morgan fingerprint density at radius 3 is 2.37 bits per heavy atom. The zero-order valence-corrected chi connectivity index (χ0v) is 13.5. The average molecular weight is 327 g/mol. The zero-order valence-electron chi connectivity index (χ0n) is 11.9. The normalized spacial score (nSPS) is 12.9. The summed E-state index contributed by atoms with van der Waals surface area (Å²) in [5.74, 6) is 0. The van der Waals surface area contributed by atoms with Crippen molar-refractivity contribution in [3.8, 4) is 0 Å². The molecule has 104 valence electrons. The molecule has 1 atom stereocenters. The van der Waals surface area contributed by atoms with Crippen LogP contribution >= 0.6 is 15.9 Å². The smallest absolute Gasteiger partial charge is 0.153 e. The molecule has 0 aromatic carbocycles. The largest absolute Gasteiger partial charge is 0.311 e. The van der Waals surface area contributed by atoms with Crippen LogP contribution in [0, 0.1) is 13.8 Å². The number of hydrogen-bond donors (Lipinski definition) is 1. The Balaban J connectivity index is 2.35. The van der Waals surface area contributed by atoms with Gasteiger partial charge in [0.2, 0.25) is 0 Å². The first-order chi connectivity index (χ1) is 8.95. The standard InChI is InChI=1S/C12H19BrN6/c1-7-9(8(2)18(4)16-7)6-10(14-3)11-12(13)15-17-19(11)5/h10,14H,6H2,1-5H3. The number of aryl methyl sites for hydroxylation is 3. The highest BCUT2D eigenvalue weighted by Gasteiger charge is 2.22. The van der Waals surface area contributed by atoms with E-state index in [1.807, 2.05) is 32.7 Å². The molecule has 2 rings (SSSR count). The lowest BCUT2D eigenvalue weighted by atomic mass is 10.0. The minimum absolute atomic E-state index is 0.149. The molecule has 0 fully saturated rings. The van der Waals surface area contributed by atoms with Crippen molar-refractivity contribution in [1.29, 1.82) is 0 Å². The Morgan fingerprint density at radius 1 is 1.26 bits per heavy atom. The lowest BCUT2D eigenvalue weighted by Crippen LogP contribution is -2.22. The average Bonchev–Trinajstić information content (AvgIpc) is 2.81. The van der Waals surface area contributed by atoms with Gasteiger partial charge in [-0.2, -0.15) is 5.10 Å². The fourth-order valence-corrected chi connectivity index (χ4v) is 2.96. The summed E-state index contributed by atoms with van der Waals surface area (Å²) < 4.78 is 4.51. The summed E-state index contributed by atoms with van der Waals surface area (Å²) >= 11 is 3.46. The van der Waals surface area contributed by atoms with Crippen LogP contribution in [-0.2, 0) is 20.5 Å². The van der Waals surface area contributed by atoms with Crippen LogP contribution in [0.4, 0.5) is 0 Å². The Hall–Kier alpha value is -1.21. The quantitative estimate of drug-likeness (QED) is 0.923. The highest BCUT2D eigenvalue weighted by molar-refractivity contribution is 9.10. The summed E-state index contributed by atoms with van der Waals surface area (Å²) in [5.41, 5.74) is 4.59. The second kappa shape index (κ2) is 5.42. The van der Waals surface area contributed by atoms with Gasteiger partial charge in [0.25, 0.3) is 0 Å². The number of aromatic nitrogens is 5. The molecule has 19 heavy (non-hydrogen) atoms. The SMILES string of the molecule is CNC(Cc1c(C)nn(C)c1C)c1c(Br)nnn1C. The van der Waals surface area contributed by atoms with Crippen molar-refractivity contribution >= 4 is 15.9 Å².